The lowest BCUT2D eigenvalue weighted by atomic mass is 10.0. The minimum Gasteiger partial charge on any atom is -0.297 e. The number of amides is 2. The Balaban J connectivity index is 1.98. The zero-order valence-electron chi connectivity index (χ0n) is 13.6. The van der Waals surface area contributed by atoms with Crippen LogP contribution in [0.25, 0.3) is 0 Å². The molecule has 0 radical (unpaired) electrons. The van der Waals surface area contributed by atoms with E-state index in [1.54, 1.807) is 0 Å². The maximum atomic E-state index is 12.5. The summed E-state index contributed by atoms with van der Waals surface area (Å²) in [5, 5.41) is 0. The molecule has 1 heterocycles. The average molecular weight is 302 g/mol. The largest absolute Gasteiger partial charge is 0.297 e. The molecule has 120 valence electrons. The van der Waals surface area contributed by atoms with Crippen LogP contribution in [0.5, 0.6) is 0 Å². The quantitative estimate of drug-likeness (QED) is 0.839. The van der Waals surface area contributed by atoms with Gasteiger partial charge in [-0.1, -0.05) is 44.2 Å². The summed E-state index contributed by atoms with van der Waals surface area (Å²) >= 11 is 0. The normalized spacial score (nSPS) is 16.9. The molecule has 0 spiro atoms. The second kappa shape index (κ2) is 8.08. The summed E-state index contributed by atoms with van der Waals surface area (Å²) < 4.78 is 0. The molecule has 1 aliphatic heterocycles. The second-order valence-electron chi connectivity index (χ2n) is 5.91. The van der Waals surface area contributed by atoms with Gasteiger partial charge in [-0.3, -0.25) is 19.4 Å². The Bertz CT molecular complexity index is 497. The maximum Gasteiger partial charge on any atom is 0.232 e. The highest BCUT2D eigenvalue weighted by Gasteiger charge is 2.29. The topological polar surface area (TPSA) is 40.6 Å². The monoisotopic (exact) mass is 302 g/mol. The Morgan fingerprint density at radius 3 is 2.41 bits per heavy atom. The van der Waals surface area contributed by atoms with Crippen molar-refractivity contribution in [3.63, 3.8) is 0 Å². The summed E-state index contributed by atoms with van der Waals surface area (Å²) in [5.41, 5.74) is 1.25. The molecule has 0 aliphatic carbocycles. The molecule has 2 rings (SSSR count). The predicted octanol–water partition coefficient (Wildman–Crippen LogP) is 2.68. The maximum absolute atomic E-state index is 12.5. The molecule has 0 bridgehead atoms. The number of nitrogens with zero attached hydrogens (tertiary/aromatic N) is 2. The molecular formula is C18H26N2O2. The van der Waals surface area contributed by atoms with Gasteiger partial charge < -0.3 is 0 Å². The van der Waals surface area contributed by atoms with Crippen molar-refractivity contribution in [3.05, 3.63) is 35.9 Å². The smallest absolute Gasteiger partial charge is 0.232 e. The number of carbonyl (C=O) groups is 2. The Morgan fingerprint density at radius 2 is 1.77 bits per heavy atom. The first-order valence-electron chi connectivity index (χ1n) is 8.26. The summed E-state index contributed by atoms with van der Waals surface area (Å²) in [4.78, 5) is 28.5. The molecule has 0 aromatic heterocycles. The van der Waals surface area contributed by atoms with E-state index in [-0.39, 0.29) is 17.7 Å². The van der Waals surface area contributed by atoms with Crippen LogP contribution in [-0.4, -0.2) is 41.2 Å². The molecule has 1 aromatic rings. The average Bonchev–Trinajstić information content (AvgIpc) is 2.71. The van der Waals surface area contributed by atoms with Crippen molar-refractivity contribution in [1.29, 1.82) is 0 Å². The van der Waals surface area contributed by atoms with Gasteiger partial charge in [0.25, 0.3) is 0 Å². The van der Waals surface area contributed by atoms with Gasteiger partial charge in [-0.15, -0.1) is 0 Å². The molecule has 4 nitrogen and oxygen atoms in total. The van der Waals surface area contributed by atoms with Gasteiger partial charge in [0.05, 0.1) is 0 Å². The van der Waals surface area contributed by atoms with E-state index >= 15 is 0 Å². The van der Waals surface area contributed by atoms with E-state index in [0.717, 1.165) is 32.5 Å². The first-order valence-corrected chi connectivity index (χ1v) is 8.26. The molecule has 0 unspecified atom stereocenters. The molecule has 1 saturated heterocycles. The van der Waals surface area contributed by atoms with Gasteiger partial charge in [-0.05, 0) is 18.4 Å². The summed E-state index contributed by atoms with van der Waals surface area (Å²) in [6.45, 7) is 6.85. The second-order valence-corrected chi connectivity index (χ2v) is 5.91. The van der Waals surface area contributed by atoms with E-state index < -0.39 is 0 Å². The molecule has 1 aliphatic rings. The van der Waals surface area contributed by atoms with Crippen LogP contribution in [0.2, 0.25) is 0 Å². The van der Waals surface area contributed by atoms with Crippen molar-refractivity contribution in [2.75, 3.05) is 19.6 Å². The molecule has 0 N–H and O–H groups in total. The molecule has 0 saturated carbocycles. The van der Waals surface area contributed by atoms with Gasteiger partial charge in [-0.2, -0.15) is 0 Å². The van der Waals surface area contributed by atoms with E-state index in [4.69, 9.17) is 0 Å². The Hall–Kier alpha value is -1.68. The van der Waals surface area contributed by atoms with Crippen molar-refractivity contribution in [3.8, 4) is 0 Å². The van der Waals surface area contributed by atoms with Crippen LogP contribution in [0, 0.1) is 5.92 Å². The summed E-state index contributed by atoms with van der Waals surface area (Å²) in [6.07, 6.45) is 2.03. The van der Waals surface area contributed by atoms with Crippen LogP contribution in [0.3, 0.4) is 0 Å². The highest BCUT2D eigenvalue weighted by molar-refractivity contribution is 5.96. The van der Waals surface area contributed by atoms with Crippen LogP contribution in [0.15, 0.2) is 30.3 Å². The van der Waals surface area contributed by atoms with E-state index in [2.05, 4.69) is 17.0 Å². The van der Waals surface area contributed by atoms with Crippen molar-refractivity contribution in [2.24, 2.45) is 5.92 Å². The molecule has 1 fully saturated rings. The molecular weight excluding hydrogens is 276 g/mol. The van der Waals surface area contributed by atoms with Crippen molar-refractivity contribution >= 4 is 11.8 Å². The molecule has 1 aromatic carbocycles. The minimum atomic E-state index is -0.0235. The number of hydrogen-bond donors (Lipinski definition) is 0. The lowest BCUT2D eigenvalue weighted by Gasteiger charge is -2.24. The number of imide groups is 1. The zero-order valence-corrected chi connectivity index (χ0v) is 13.6. The molecule has 22 heavy (non-hydrogen) atoms. The van der Waals surface area contributed by atoms with Crippen LogP contribution < -0.4 is 0 Å². The lowest BCUT2D eigenvalue weighted by molar-refractivity contribution is -0.147. The third kappa shape index (κ3) is 4.17. The fourth-order valence-electron chi connectivity index (χ4n) is 2.96. The fourth-order valence-corrected chi connectivity index (χ4v) is 2.96. The Morgan fingerprint density at radius 1 is 1.09 bits per heavy atom. The summed E-state index contributed by atoms with van der Waals surface area (Å²) in [7, 11) is 0. The van der Waals surface area contributed by atoms with Crippen molar-refractivity contribution in [1.82, 2.24) is 9.80 Å². The van der Waals surface area contributed by atoms with Gasteiger partial charge in [0.15, 0.2) is 0 Å². The number of benzene rings is 1. The number of carbonyl (C=O) groups excluding carboxylic acids is 2. The predicted molar refractivity (Wildman–Crippen MR) is 87.1 cm³/mol. The highest BCUT2D eigenvalue weighted by atomic mass is 16.2. The molecule has 2 amide bonds. The van der Waals surface area contributed by atoms with Gasteiger partial charge in [0.1, 0.15) is 0 Å². The molecule has 0 atom stereocenters. The van der Waals surface area contributed by atoms with E-state index in [9.17, 15) is 9.59 Å². The van der Waals surface area contributed by atoms with Gasteiger partial charge in [0, 0.05) is 38.5 Å². The molecule has 4 heteroatoms. The third-order valence-corrected chi connectivity index (χ3v) is 4.43. The van der Waals surface area contributed by atoms with Crippen LogP contribution >= 0.6 is 0 Å². The van der Waals surface area contributed by atoms with Crippen LogP contribution in [-0.2, 0) is 16.1 Å². The SMILES string of the molecule is CCC(CC)C(=O)N1CCN(Cc2ccccc2)CCC1=O. The van der Waals surface area contributed by atoms with E-state index in [1.807, 2.05) is 32.0 Å². The fraction of sp³-hybridized carbons (Fsp3) is 0.556. The van der Waals surface area contributed by atoms with Crippen molar-refractivity contribution < 1.29 is 9.59 Å². The Labute approximate surface area is 133 Å². The van der Waals surface area contributed by atoms with Crippen LogP contribution in [0.4, 0.5) is 0 Å². The Kier molecular flexibility index (Phi) is 6.13. The third-order valence-electron chi connectivity index (χ3n) is 4.43. The lowest BCUT2D eigenvalue weighted by Crippen LogP contribution is -2.41. The minimum absolute atomic E-state index is 0.0107. The van der Waals surface area contributed by atoms with Crippen molar-refractivity contribution in [2.45, 2.75) is 39.7 Å². The zero-order chi connectivity index (χ0) is 15.9. The highest BCUT2D eigenvalue weighted by Crippen LogP contribution is 2.16. The van der Waals surface area contributed by atoms with E-state index in [1.165, 1.54) is 10.5 Å². The number of rotatable bonds is 5. The van der Waals surface area contributed by atoms with Gasteiger partial charge in [-0.25, -0.2) is 0 Å². The standard InChI is InChI=1S/C18H26N2O2/c1-3-16(4-2)18(22)20-13-12-19(11-10-17(20)21)14-15-8-6-5-7-9-15/h5-9,16H,3-4,10-14H2,1-2H3. The number of hydrogen-bond acceptors (Lipinski definition) is 3. The van der Waals surface area contributed by atoms with Gasteiger partial charge >= 0.3 is 0 Å². The first-order chi connectivity index (χ1) is 10.7. The first kappa shape index (κ1) is 16.7. The van der Waals surface area contributed by atoms with Crippen LogP contribution in [0.1, 0.15) is 38.7 Å². The van der Waals surface area contributed by atoms with Gasteiger partial charge in [0.2, 0.25) is 11.8 Å². The summed E-state index contributed by atoms with van der Waals surface area (Å²) in [5.74, 6) is -0.0337. The van der Waals surface area contributed by atoms with E-state index in [0.29, 0.717) is 13.0 Å². The summed E-state index contributed by atoms with van der Waals surface area (Å²) in [6, 6.07) is 10.3.